The van der Waals surface area contributed by atoms with Crippen LogP contribution >= 0.6 is 0 Å². The molecule has 0 unspecified atom stereocenters. The first-order chi connectivity index (χ1) is 12.4. The molecule has 0 spiro atoms. The Morgan fingerprint density at radius 3 is 2.15 bits per heavy atom. The van der Waals surface area contributed by atoms with Crippen molar-refractivity contribution in [1.82, 2.24) is 4.98 Å². The second-order valence-electron chi connectivity index (χ2n) is 6.36. The molecule has 5 nitrogen and oxygen atoms in total. The highest BCUT2D eigenvalue weighted by Crippen LogP contribution is 2.34. The van der Waals surface area contributed by atoms with Crippen LogP contribution in [0.3, 0.4) is 0 Å². The van der Waals surface area contributed by atoms with Gasteiger partial charge in [0.05, 0.1) is 31.0 Å². The Hall–Kier alpha value is -3.08. The first-order valence-electron chi connectivity index (χ1n) is 8.35. The number of pyridine rings is 1. The molecule has 1 N–H and O–H groups in total. The molecule has 26 heavy (non-hydrogen) atoms. The van der Waals surface area contributed by atoms with Gasteiger partial charge in [-0.2, -0.15) is 0 Å². The van der Waals surface area contributed by atoms with E-state index in [-0.39, 0.29) is 5.56 Å². The zero-order valence-corrected chi connectivity index (χ0v) is 15.2. The van der Waals surface area contributed by atoms with Gasteiger partial charge in [-0.1, -0.05) is 38.1 Å². The van der Waals surface area contributed by atoms with Crippen molar-refractivity contribution in [2.45, 2.75) is 19.8 Å². The Kier molecular flexibility index (Phi) is 4.80. The lowest BCUT2D eigenvalue weighted by Gasteiger charge is -2.12. The molecule has 1 heterocycles. The summed E-state index contributed by atoms with van der Waals surface area (Å²) in [5, 5.41) is 10.2. The number of fused-ring (bicyclic) bond motifs is 1. The molecule has 0 aliphatic carbocycles. The number of carboxylic acid groups (broad SMARTS) is 1. The Labute approximate surface area is 152 Å². The second-order valence-corrected chi connectivity index (χ2v) is 6.36. The van der Waals surface area contributed by atoms with E-state index in [4.69, 9.17) is 9.47 Å². The van der Waals surface area contributed by atoms with Gasteiger partial charge in [0.15, 0.2) is 11.5 Å². The van der Waals surface area contributed by atoms with Crippen molar-refractivity contribution >= 4 is 16.9 Å². The number of benzene rings is 2. The molecule has 0 aliphatic rings. The van der Waals surface area contributed by atoms with Gasteiger partial charge in [-0.25, -0.2) is 9.78 Å². The van der Waals surface area contributed by atoms with Gasteiger partial charge in [0.25, 0.3) is 0 Å². The average Bonchev–Trinajstić information content (AvgIpc) is 2.65. The molecule has 0 fully saturated rings. The number of hydrogen-bond donors (Lipinski definition) is 1. The average molecular weight is 351 g/mol. The maximum absolute atomic E-state index is 11.8. The van der Waals surface area contributed by atoms with Crippen LogP contribution < -0.4 is 9.47 Å². The largest absolute Gasteiger partial charge is 0.493 e. The summed E-state index contributed by atoms with van der Waals surface area (Å²) in [6.07, 6.45) is 0. The van der Waals surface area contributed by atoms with E-state index in [1.807, 2.05) is 24.3 Å². The summed E-state index contributed by atoms with van der Waals surface area (Å²) < 4.78 is 10.6. The summed E-state index contributed by atoms with van der Waals surface area (Å²) in [5.41, 5.74) is 3.43. The summed E-state index contributed by atoms with van der Waals surface area (Å²) in [6, 6.07) is 13.0. The maximum Gasteiger partial charge on any atom is 0.336 e. The van der Waals surface area contributed by atoms with E-state index in [2.05, 4.69) is 18.8 Å². The maximum atomic E-state index is 11.8. The number of ether oxygens (including phenoxy) is 2. The SMILES string of the molecule is COc1cc2nc(-c3ccc(C(C)C)cc3)cc(C(=O)O)c2cc1OC. The third-order valence-corrected chi connectivity index (χ3v) is 4.42. The quantitative estimate of drug-likeness (QED) is 0.719. The Morgan fingerprint density at radius 2 is 1.62 bits per heavy atom. The summed E-state index contributed by atoms with van der Waals surface area (Å²) in [7, 11) is 3.05. The second kappa shape index (κ2) is 7.04. The predicted molar refractivity (Wildman–Crippen MR) is 101 cm³/mol. The summed E-state index contributed by atoms with van der Waals surface area (Å²) in [4.78, 5) is 16.4. The van der Waals surface area contributed by atoms with Gasteiger partial charge in [-0.3, -0.25) is 0 Å². The summed E-state index contributed by atoms with van der Waals surface area (Å²) >= 11 is 0. The van der Waals surface area contributed by atoms with E-state index in [0.717, 1.165) is 5.56 Å². The van der Waals surface area contributed by atoms with E-state index >= 15 is 0 Å². The van der Waals surface area contributed by atoms with Crippen molar-refractivity contribution in [3.05, 3.63) is 53.6 Å². The van der Waals surface area contributed by atoms with Crippen LogP contribution in [-0.4, -0.2) is 30.3 Å². The number of rotatable bonds is 5. The predicted octanol–water partition coefficient (Wildman–Crippen LogP) is 4.74. The van der Waals surface area contributed by atoms with Crippen molar-refractivity contribution in [2.24, 2.45) is 0 Å². The van der Waals surface area contributed by atoms with Crippen molar-refractivity contribution in [3.63, 3.8) is 0 Å². The van der Waals surface area contributed by atoms with Crippen LogP contribution in [0.1, 0.15) is 35.7 Å². The van der Waals surface area contributed by atoms with Crippen molar-refractivity contribution in [3.8, 4) is 22.8 Å². The van der Waals surface area contributed by atoms with Crippen LogP contribution in [0.15, 0.2) is 42.5 Å². The van der Waals surface area contributed by atoms with E-state index in [1.54, 1.807) is 18.2 Å². The first kappa shape index (κ1) is 17.7. The minimum absolute atomic E-state index is 0.180. The summed E-state index contributed by atoms with van der Waals surface area (Å²) in [6.45, 7) is 4.26. The molecular formula is C21H21NO4. The Morgan fingerprint density at radius 1 is 1.00 bits per heavy atom. The Bertz CT molecular complexity index is 962. The van der Waals surface area contributed by atoms with Crippen LogP contribution in [0.5, 0.6) is 11.5 Å². The third kappa shape index (κ3) is 3.20. The number of carboxylic acids is 1. The van der Waals surface area contributed by atoms with Gasteiger partial charge in [0.2, 0.25) is 0 Å². The van der Waals surface area contributed by atoms with Crippen molar-refractivity contribution in [2.75, 3.05) is 14.2 Å². The lowest BCUT2D eigenvalue weighted by molar-refractivity contribution is 0.0699. The van der Waals surface area contributed by atoms with E-state index in [9.17, 15) is 9.90 Å². The van der Waals surface area contributed by atoms with Crippen LogP contribution in [0.2, 0.25) is 0 Å². The highest BCUT2D eigenvalue weighted by Gasteiger charge is 2.16. The van der Waals surface area contributed by atoms with Gasteiger partial charge in [0.1, 0.15) is 0 Å². The van der Waals surface area contributed by atoms with E-state index in [1.165, 1.54) is 19.8 Å². The van der Waals surface area contributed by atoms with Crippen molar-refractivity contribution < 1.29 is 19.4 Å². The molecule has 3 aromatic rings. The van der Waals surface area contributed by atoms with Crippen LogP contribution in [-0.2, 0) is 0 Å². The zero-order chi connectivity index (χ0) is 18.8. The molecule has 0 aliphatic heterocycles. The number of nitrogens with zero attached hydrogens (tertiary/aromatic N) is 1. The fraction of sp³-hybridized carbons (Fsp3) is 0.238. The highest BCUT2D eigenvalue weighted by atomic mass is 16.5. The lowest BCUT2D eigenvalue weighted by atomic mass is 9.99. The highest BCUT2D eigenvalue weighted by molar-refractivity contribution is 6.04. The molecule has 0 saturated heterocycles. The molecule has 134 valence electrons. The van der Waals surface area contributed by atoms with Crippen LogP contribution in [0, 0.1) is 0 Å². The van der Waals surface area contributed by atoms with E-state index in [0.29, 0.717) is 34.0 Å². The molecule has 0 saturated carbocycles. The van der Waals surface area contributed by atoms with Gasteiger partial charge in [-0.05, 0) is 23.6 Å². The number of aromatic carboxylic acids is 1. The Balaban J connectivity index is 2.22. The molecule has 0 atom stereocenters. The minimum Gasteiger partial charge on any atom is -0.493 e. The molecule has 0 amide bonds. The van der Waals surface area contributed by atoms with E-state index < -0.39 is 5.97 Å². The molecular weight excluding hydrogens is 330 g/mol. The van der Waals surface area contributed by atoms with Gasteiger partial charge < -0.3 is 14.6 Å². The molecule has 0 bridgehead atoms. The minimum atomic E-state index is -1.01. The normalized spacial score (nSPS) is 11.0. The first-order valence-corrected chi connectivity index (χ1v) is 8.35. The standard InChI is InChI=1S/C21H21NO4/c1-12(2)13-5-7-14(8-6-13)17-9-16(21(23)24)15-10-19(25-3)20(26-4)11-18(15)22-17/h5-12H,1-4H3,(H,23,24). The van der Waals surface area contributed by atoms with Crippen LogP contribution in [0.4, 0.5) is 0 Å². The topological polar surface area (TPSA) is 68.7 Å². The molecule has 5 heteroatoms. The lowest BCUT2D eigenvalue weighted by Crippen LogP contribution is -2.01. The molecule has 1 aromatic heterocycles. The van der Waals surface area contributed by atoms with Gasteiger partial charge >= 0.3 is 5.97 Å². The number of methoxy groups -OCH3 is 2. The fourth-order valence-corrected chi connectivity index (χ4v) is 2.92. The number of aromatic nitrogens is 1. The van der Waals surface area contributed by atoms with Gasteiger partial charge in [-0.15, -0.1) is 0 Å². The third-order valence-electron chi connectivity index (χ3n) is 4.42. The van der Waals surface area contributed by atoms with Crippen molar-refractivity contribution in [1.29, 1.82) is 0 Å². The molecule has 2 aromatic carbocycles. The monoisotopic (exact) mass is 351 g/mol. The summed E-state index contributed by atoms with van der Waals surface area (Å²) in [5.74, 6) is 0.402. The number of hydrogen-bond acceptors (Lipinski definition) is 4. The van der Waals surface area contributed by atoms with Gasteiger partial charge in [0, 0.05) is 17.0 Å². The molecule has 3 rings (SSSR count). The molecule has 0 radical (unpaired) electrons. The van der Waals surface area contributed by atoms with Crippen LogP contribution in [0.25, 0.3) is 22.2 Å². The fourth-order valence-electron chi connectivity index (χ4n) is 2.92. The zero-order valence-electron chi connectivity index (χ0n) is 15.2. The number of carbonyl (C=O) groups is 1. The smallest absolute Gasteiger partial charge is 0.336 e.